The number of carboxylic acid groups (broad SMARTS) is 2. The third kappa shape index (κ3) is 4.90. The fourth-order valence-corrected chi connectivity index (χ4v) is 1.02. The zero-order chi connectivity index (χ0) is 19.4. The first-order chi connectivity index (χ1) is 10.6. The second-order valence-corrected chi connectivity index (χ2v) is 4.16. The molecule has 0 unspecified atom stereocenters. The van der Waals surface area contributed by atoms with Gasteiger partial charge in [-0.15, -0.1) is 0 Å². The van der Waals surface area contributed by atoms with Gasteiger partial charge in [0.15, 0.2) is 0 Å². The van der Waals surface area contributed by atoms with E-state index >= 15 is 0 Å². The Labute approximate surface area is 127 Å². The van der Waals surface area contributed by atoms with Crippen LogP contribution in [0.25, 0.3) is 0 Å². The van der Waals surface area contributed by atoms with Crippen LogP contribution in [0, 0.1) is 0 Å². The highest BCUT2D eigenvalue weighted by Gasteiger charge is 2.60. The lowest BCUT2D eigenvalue weighted by Gasteiger charge is -2.27. The number of hydrogen-bond acceptors (Lipinski definition) is 6. The topological polar surface area (TPSA) is 98.7 Å². The van der Waals surface area contributed by atoms with Crippen LogP contribution in [-0.2, 0) is 19.1 Å². The lowest BCUT2D eigenvalue weighted by molar-refractivity contribution is -0.390. The van der Waals surface area contributed by atoms with E-state index in [0.717, 1.165) is 0 Å². The summed E-state index contributed by atoms with van der Waals surface area (Å²) >= 11 is 0. The predicted octanol–water partition coefficient (Wildman–Crippen LogP) is -0.244. The Morgan fingerprint density at radius 1 is 0.667 bits per heavy atom. The fraction of sp³-hybridized carbons (Fsp3) is 0.800. The zero-order valence-electron chi connectivity index (χ0n) is 11.3. The van der Waals surface area contributed by atoms with E-state index in [1.165, 1.54) is 0 Å². The molecule has 0 atom stereocenters. The summed E-state index contributed by atoms with van der Waals surface area (Å²) in [6.45, 7) is -2.55. The van der Waals surface area contributed by atoms with E-state index in [0.29, 0.717) is 0 Å². The van der Waals surface area contributed by atoms with E-state index in [1.807, 2.05) is 0 Å². The van der Waals surface area contributed by atoms with Crippen LogP contribution in [0.1, 0.15) is 12.8 Å². The molecule has 0 aliphatic rings. The van der Waals surface area contributed by atoms with Crippen molar-refractivity contribution in [2.75, 3.05) is 13.2 Å². The molecule has 0 aromatic heterocycles. The molecule has 0 aromatic rings. The first-order valence-electron chi connectivity index (χ1n) is 5.81. The van der Waals surface area contributed by atoms with E-state index in [4.69, 9.17) is 0 Å². The highest BCUT2D eigenvalue weighted by molar-refractivity contribution is 5.74. The van der Waals surface area contributed by atoms with Gasteiger partial charge in [-0.1, -0.05) is 0 Å². The number of rotatable bonds is 11. The normalized spacial score (nSPS) is 13.8. The third-order valence-corrected chi connectivity index (χ3v) is 2.35. The third-order valence-electron chi connectivity index (χ3n) is 2.35. The molecule has 0 aliphatic heterocycles. The summed E-state index contributed by atoms with van der Waals surface area (Å²) in [7, 11) is 0. The van der Waals surface area contributed by atoms with Gasteiger partial charge in [-0.25, -0.2) is 0 Å². The molecule has 142 valence electrons. The molecule has 0 amide bonds. The second kappa shape index (κ2) is 7.46. The Kier molecular flexibility index (Phi) is 6.93. The average molecular weight is 376 g/mol. The lowest BCUT2D eigenvalue weighted by atomic mass is 10.3. The standard InChI is InChI=1S/C10H10F8O6/c11-7(12,5(19)20)9(15,16)23-3-1-2-4-24-10(17,18)8(13,14)6(21)22/h1-4H2,(H,19,20)(H,21,22)/p-2. The maximum atomic E-state index is 12.7. The molecule has 0 saturated carbocycles. The molecular weight excluding hydrogens is 368 g/mol. The van der Waals surface area contributed by atoms with Crippen molar-refractivity contribution in [3.05, 3.63) is 0 Å². The Hall–Kier alpha value is -1.70. The van der Waals surface area contributed by atoms with Crippen LogP contribution in [0.2, 0.25) is 0 Å². The van der Waals surface area contributed by atoms with Crippen LogP contribution in [0.15, 0.2) is 0 Å². The molecule has 0 rings (SSSR count). The van der Waals surface area contributed by atoms with Crippen molar-refractivity contribution < 1.29 is 64.4 Å². The van der Waals surface area contributed by atoms with Crippen molar-refractivity contribution in [1.29, 1.82) is 0 Å². The largest absolute Gasteiger partial charge is 0.544 e. The van der Waals surface area contributed by atoms with E-state index in [-0.39, 0.29) is 0 Å². The van der Waals surface area contributed by atoms with Gasteiger partial charge in [0.05, 0.1) is 13.2 Å². The molecule has 24 heavy (non-hydrogen) atoms. The molecule has 0 bridgehead atoms. The van der Waals surface area contributed by atoms with Crippen LogP contribution in [0.5, 0.6) is 0 Å². The first-order valence-corrected chi connectivity index (χ1v) is 5.81. The summed E-state index contributed by atoms with van der Waals surface area (Å²) in [6.07, 6.45) is -12.4. The smallest absolute Gasteiger partial charge is 0.425 e. The summed E-state index contributed by atoms with van der Waals surface area (Å²) in [6, 6.07) is 0. The van der Waals surface area contributed by atoms with Crippen molar-refractivity contribution in [2.24, 2.45) is 0 Å². The maximum absolute atomic E-state index is 12.7. The van der Waals surface area contributed by atoms with Gasteiger partial charge in [-0.05, 0) is 12.8 Å². The number of ether oxygens (including phenoxy) is 2. The van der Waals surface area contributed by atoms with Gasteiger partial charge in [0.2, 0.25) is 0 Å². The van der Waals surface area contributed by atoms with Crippen LogP contribution in [0.3, 0.4) is 0 Å². The highest BCUT2D eigenvalue weighted by atomic mass is 19.3. The molecule has 0 saturated heterocycles. The SMILES string of the molecule is O=C([O-])C(F)(F)C(F)(F)OCCCCOC(F)(F)C(F)(F)C(=O)[O-]. The lowest BCUT2D eigenvalue weighted by Crippen LogP contribution is -2.55. The number of aliphatic carboxylic acids is 2. The zero-order valence-corrected chi connectivity index (χ0v) is 11.3. The van der Waals surface area contributed by atoms with Gasteiger partial charge >= 0.3 is 24.1 Å². The second-order valence-electron chi connectivity index (χ2n) is 4.16. The molecule has 6 nitrogen and oxygen atoms in total. The predicted molar refractivity (Wildman–Crippen MR) is 50.9 cm³/mol. The molecular formula is C10H8F8O6-2. The number of carbonyl (C=O) groups is 2. The molecule has 0 heterocycles. The number of carbonyl (C=O) groups excluding carboxylic acids is 2. The summed E-state index contributed by atoms with van der Waals surface area (Å²) < 4.78 is 107. The van der Waals surface area contributed by atoms with Crippen LogP contribution >= 0.6 is 0 Å². The number of carboxylic acids is 2. The van der Waals surface area contributed by atoms with Gasteiger partial charge in [-0.2, -0.15) is 35.1 Å². The van der Waals surface area contributed by atoms with Crippen LogP contribution < -0.4 is 10.2 Å². The maximum Gasteiger partial charge on any atom is 0.425 e. The van der Waals surface area contributed by atoms with E-state index < -0.39 is 62.1 Å². The van der Waals surface area contributed by atoms with Gasteiger partial charge < -0.3 is 29.3 Å². The summed E-state index contributed by atoms with van der Waals surface area (Å²) in [5.41, 5.74) is 0. The minimum Gasteiger partial charge on any atom is -0.544 e. The molecule has 0 aliphatic carbocycles. The van der Waals surface area contributed by atoms with E-state index in [1.54, 1.807) is 0 Å². The summed E-state index contributed by atoms with van der Waals surface area (Å²) in [4.78, 5) is 19.6. The number of halogens is 8. The Morgan fingerprint density at radius 3 is 1.12 bits per heavy atom. The van der Waals surface area contributed by atoms with E-state index in [9.17, 15) is 54.9 Å². The van der Waals surface area contributed by atoms with Crippen molar-refractivity contribution in [3.63, 3.8) is 0 Å². The van der Waals surface area contributed by atoms with Gasteiger partial charge in [0, 0.05) is 0 Å². The quantitative estimate of drug-likeness (QED) is 0.365. The Morgan fingerprint density at radius 2 is 0.917 bits per heavy atom. The highest BCUT2D eigenvalue weighted by Crippen LogP contribution is 2.36. The molecule has 0 spiro atoms. The monoisotopic (exact) mass is 376 g/mol. The van der Waals surface area contributed by atoms with Crippen molar-refractivity contribution in [2.45, 2.75) is 36.9 Å². The first kappa shape index (κ1) is 22.3. The molecule has 14 heteroatoms. The van der Waals surface area contributed by atoms with Gasteiger partial charge in [0.1, 0.15) is 11.9 Å². The summed E-state index contributed by atoms with van der Waals surface area (Å²) in [5, 5.41) is 19.6. The molecule has 0 N–H and O–H groups in total. The Balaban J connectivity index is 4.30. The number of hydrogen-bond donors (Lipinski definition) is 0. The average Bonchev–Trinajstić information content (AvgIpc) is 2.41. The molecule has 0 fully saturated rings. The molecule has 0 radical (unpaired) electrons. The molecule has 0 aromatic carbocycles. The number of alkyl halides is 8. The van der Waals surface area contributed by atoms with Crippen molar-refractivity contribution in [3.8, 4) is 0 Å². The van der Waals surface area contributed by atoms with Crippen molar-refractivity contribution in [1.82, 2.24) is 0 Å². The van der Waals surface area contributed by atoms with Gasteiger partial charge in [0.25, 0.3) is 0 Å². The fourth-order valence-electron chi connectivity index (χ4n) is 1.02. The van der Waals surface area contributed by atoms with E-state index in [2.05, 4.69) is 9.47 Å². The van der Waals surface area contributed by atoms with Crippen molar-refractivity contribution >= 4 is 11.9 Å². The van der Waals surface area contributed by atoms with Crippen LogP contribution in [0.4, 0.5) is 35.1 Å². The number of unbranched alkanes of at least 4 members (excludes halogenated alkanes) is 1. The minimum absolute atomic E-state index is 0.717. The minimum atomic E-state index is -5.66. The Bertz CT molecular complexity index is 424. The summed E-state index contributed by atoms with van der Waals surface area (Å²) in [5.74, 6) is -18.2. The van der Waals surface area contributed by atoms with Gasteiger partial charge in [-0.3, -0.25) is 0 Å². The van der Waals surface area contributed by atoms with Crippen LogP contribution in [-0.4, -0.2) is 49.2 Å².